The molecule has 8 nitrogen and oxygen atoms in total. The van der Waals surface area contributed by atoms with Gasteiger partial charge in [-0.15, -0.1) is 0 Å². The first-order valence-electron chi connectivity index (χ1n) is 10.3. The second-order valence-corrected chi connectivity index (χ2v) is 8.00. The van der Waals surface area contributed by atoms with Gasteiger partial charge in [-0.2, -0.15) is 0 Å². The van der Waals surface area contributed by atoms with Gasteiger partial charge < -0.3 is 32.9 Å². The van der Waals surface area contributed by atoms with Crippen LogP contribution in [0, 0.1) is 5.41 Å². The van der Waals surface area contributed by atoms with E-state index in [1.807, 2.05) is 6.92 Å². The number of carbonyl (C=O) groups excluding carboxylic acids is 1. The summed E-state index contributed by atoms with van der Waals surface area (Å²) >= 11 is 6.59. The highest BCUT2D eigenvalue weighted by Gasteiger charge is 2.21. The molecule has 0 aliphatic carbocycles. The minimum absolute atomic E-state index is 0.0202. The molecule has 0 saturated carbocycles. The van der Waals surface area contributed by atoms with Gasteiger partial charge in [0.1, 0.15) is 11.6 Å². The summed E-state index contributed by atoms with van der Waals surface area (Å²) in [5.74, 6) is -0.379. The zero-order valence-corrected chi connectivity index (χ0v) is 19.0. The predicted octanol–water partition coefficient (Wildman–Crippen LogP) is 3.45. The van der Waals surface area contributed by atoms with Gasteiger partial charge in [0.15, 0.2) is 0 Å². The maximum atomic E-state index is 12.8. The van der Waals surface area contributed by atoms with E-state index in [4.69, 9.17) is 34.2 Å². The first-order valence-corrected chi connectivity index (χ1v) is 10.7. The zero-order chi connectivity index (χ0) is 24.1. The summed E-state index contributed by atoms with van der Waals surface area (Å²) in [6.45, 7) is 2.74. The molecule has 0 unspecified atom stereocenters. The number of carbonyl (C=O) groups is 1. The number of halogens is 1. The van der Waals surface area contributed by atoms with Crippen LogP contribution in [0.25, 0.3) is 11.1 Å². The lowest BCUT2D eigenvalue weighted by molar-refractivity contribution is -0.120. The highest BCUT2D eigenvalue weighted by atomic mass is 35.5. The molecule has 0 spiro atoms. The average molecular weight is 467 g/mol. The Hall–Kier alpha value is -3.91. The third-order valence-electron chi connectivity index (χ3n) is 5.08. The first kappa shape index (κ1) is 23.7. The minimum atomic E-state index is -0.302. The third-order valence-corrected chi connectivity index (χ3v) is 5.38. The molecule has 10 N–H and O–H groups in total. The quantitative estimate of drug-likeness (QED) is 0.116. The normalized spacial score (nSPS) is 10.6. The Morgan fingerprint density at radius 1 is 1.09 bits per heavy atom. The van der Waals surface area contributed by atoms with Gasteiger partial charge in [0.25, 0.3) is 0 Å². The zero-order valence-electron chi connectivity index (χ0n) is 18.2. The molecule has 0 aromatic heterocycles. The lowest BCUT2D eigenvalue weighted by atomic mass is 9.94. The van der Waals surface area contributed by atoms with Crippen molar-refractivity contribution in [3.63, 3.8) is 0 Å². The predicted molar refractivity (Wildman–Crippen MR) is 135 cm³/mol. The van der Waals surface area contributed by atoms with E-state index in [0.29, 0.717) is 50.9 Å². The molecule has 0 heterocycles. The Kier molecular flexibility index (Phi) is 7.30. The van der Waals surface area contributed by atoms with Crippen LogP contribution in [0.4, 0.5) is 17.1 Å². The molecule has 0 atom stereocenters. The average Bonchev–Trinajstić information content (AvgIpc) is 2.75. The lowest BCUT2D eigenvalue weighted by Crippen LogP contribution is -2.25. The summed E-state index contributed by atoms with van der Waals surface area (Å²) in [6.07, 6.45) is -0.111. The monoisotopic (exact) mass is 466 g/mol. The van der Waals surface area contributed by atoms with Gasteiger partial charge in [-0.3, -0.25) is 10.2 Å². The number of aromatic hydroxyl groups is 1. The van der Waals surface area contributed by atoms with Gasteiger partial charge in [-0.25, -0.2) is 0 Å². The first-order chi connectivity index (χ1) is 15.7. The van der Waals surface area contributed by atoms with Crippen molar-refractivity contribution >= 4 is 40.4 Å². The van der Waals surface area contributed by atoms with E-state index in [-0.39, 0.29) is 30.5 Å². The summed E-state index contributed by atoms with van der Waals surface area (Å²) in [7, 11) is 0. The van der Waals surface area contributed by atoms with Crippen LogP contribution < -0.4 is 27.8 Å². The number of amidine groups is 1. The van der Waals surface area contributed by atoms with Crippen LogP contribution in [-0.4, -0.2) is 23.4 Å². The molecule has 33 heavy (non-hydrogen) atoms. The van der Waals surface area contributed by atoms with Crippen molar-refractivity contribution in [2.24, 2.45) is 5.73 Å². The minimum Gasteiger partial charge on any atom is -0.505 e. The largest absolute Gasteiger partial charge is 0.505 e. The highest BCUT2D eigenvalue weighted by molar-refractivity contribution is 6.34. The van der Waals surface area contributed by atoms with Crippen molar-refractivity contribution in [1.29, 1.82) is 5.41 Å². The number of phenols is 1. The van der Waals surface area contributed by atoms with Crippen molar-refractivity contribution in [2.45, 2.75) is 19.9 Å². The van der Waals surface area contributed by atoms with Crippen LogP contribution in [0.5, 0.6) is 5.75 Å². The van der Waals surface area contributed by atoms with E-state index in [9.17, 15) is 9.90 Å². The number of phenolic OH excluding ortho intramolecular Hbond substituents is 1. The number of nitrogen functional groups attached to an aromatic ring is 3. The number of benzene rings is 3. The van der Waals surface area contributed by atoms with Gasteiger partial charge in [0, 0.05) is 41.2 Å². The smallest absolute Gasteiger partial charge is 0.224 e. The number of hydrogen-bond donors (Lipinski definition) is 7. The van der Waals surface area contributed by atoms with Crippen molar-refractivity contribution in [2.75, 3.05) is 23.3 Å². The maximum absolute atomic E-state index is 12.8. The molecule has 0 saturated heterocycles. The van der Waals surface area contributed by atoms with Crippen molar-refractivity contribution in [3.8, 4) is 16.9 Å². The number of hydrogen-bond acceptors (Lipinski definition) is 6. The fourth-order valence-electron chi connectivity index (χ4n) is 3.55. The molecule has 0 bridgehead atoms. The molecule has 1 amide bonds. The SMILES string of the molecule is CCNc1cc(Cl)c(-c2cc(N)cc(N)c2)c(CC(=O)NCc2ccc(C(=N)N)cc2)c1O. The highest BCUT2D eigenvalue weighted by Crippen LogP contribution is 2.42. The summed E-state index contributed by atoms with van der Waals surface area (Å²) < 4.78 is 0. The topological polar surface area (TPSA) is 163 Å². The van der Waals surface area contributed by atoms with E-state index >= 15 is 0 Å². The summed E-state index contributed by atoms with van der Waals surface area (Å²) in [5.41, 5.74) is 21.6. The fraction of sp³-hybridized carbons (Fsp3) is 0.167. The fourth-order valence-corrected chi connectivity index (χ4v) is 3.88. The Balaban J connectivity index is 1.91. The van der Waals surface area contributed by atoms with E-state index in [1.54, 1.807) is 48.5 Å². The summed E-state index contributed by atoms with van der Waals surface area (Å²) in [4.78, 5) is 12.8. The van der Waals surface area contributed by atoms with Crippen LogP contribution in [-0.2, 0) is 17.8 Å². The number of nitrogens with one attached hydrogen (secondary N) is 3. The van der Waals surface area contributed by atoms with Crippen LogP contribution in [0.3, 0.4) is 0 Å². The van der Waals surface area contributed by atoms with Crippen LogP contribution in [0.15, 0.2) is 48.5 Å². The third kappa shape index (κ3) is 5.67. The maximum Gasteiger partial charge on any atom is 0.224 e. The second kappa shape index (κ2) is 10.1. The molecule has 3 aromatic rings. The van der Waals surface area contributed by atoms with Crippen molar-refractivity contribution < 1.29 is 9.90 Å². The van der Waals surface area contributed by atoms with E-state index in [2.05, 4.69) is 10.6 Å². The molecule has 0 fully saturated rings. The summed E-state index contributed by atoms with van der Waals surface area (Å²) in [5, 5.41) is 24.7. The Morgan fingerprint density at radius 2 is 1.73 bits per heavy atom. The van der Waals surface area contributed by atoms with Gasteiger partial charge in [0.2, 0.25) is 5.91 Å². The molecule has 9 heteroatoms. The van der Waals surface area contributed by atoms with Gasteiger partial charge in [-0.05, 0) is 42.3 Å². The number of anilines is 3. The van der Waals surface area contributed by atoms with Crippen LogP contribution in [0.1, 0.15) is 23.6 Å². The molecular formula is C24H27ClN6O2. The van der Waals surface area contributed by atoms with Crippen LogP contribution in [0.2, 0.25) is 5.02 Å². The standard InChI is InChI=1S/C24H27ClN6O2/c1-2-30-20-11-19(25)22(15-7-16(26)9-17(27)8-15)18(23(20)33)10-21(32)31-12-13-3-5-14(6-4-13)24(28)29/h3-9,11,30,33H,2,10,12,26-27H2,1H3,(H3,28,29)(H,31,32). The molecule has 0 radical (unpaired) electrons. The molecule has 172 valence electrons. The van der Waals surface area contributed by atoms with E-state index in [0.717, 1.165) is 5.56 Å². The molecule has 3 rings (SSSR count). The Bertz CT molecular complexity index is 1170. The van der Waals surface area contributed by atoms with E-state index < -0.39 is 0 Å². The number of nitrogens with two attached hydrogens (primary N) is 3. The molecule has 0 aliphatic rings. The molecule has 3 aromatic carbocycles. The number of amides is 1. The Morgan fingerprint density at radius 3 is 2.30 bits per heavy atom. The second-order valence-electron chi connectivity index (χ2n) is 7.59. The summed E-state index contributed by atoms with van der Waals surface area (Å²) in [6, 6.07) is 13.6. The van der Waals surface area contributed by atoms with E-state index in [1.165, 1.54) is 0 Å². The van der Waals surface area contributed by atoms with Gasteiger partial charge in [0.05, 0.1) is 17.1 Å². The molecular weight excluding hydrogens is 440 g/mol. The van der Waals surface area contributed by atoms with Crippen molar-refractivity contribution in [3.05, 3.63) is 70.2 Å². The molecule has 0 aliphatic heterocycles. The number of rotatable bonds is 8. The Labute approximate surface area is 197 Å². The lowest BCUT2D eigenvalue weighted by Gasteiger charge is -2.18. The van der Waals surface area contributed by atoms with Gasteiger partial charge >= 0.3 is 0 Å². The van der Waals surface area contributed by atoms with Crippen LogP contribution >= 0.6 is 11.6 Å². The van der Waals surface area contributed by atoms with Crippen molar-refractivity contribution in [1.82, 2.24) is 5.32 Å². The van der Waals surface area contributed by atoms with Gasteiger partial charge in [-0.1, -0.05) is 35.9 Å².